The molecule has 0 spiro atoms. The fraction of sp³-hybridized carbons (Fsp3) is 0.588. The number of aliphatic hydroxyl groups is 1. The molecule has 3 unspecified atom stereocenters. The van der Waals surface area contributed by atoms with Crippen molar-refractivity contribution in [3.8, 4) is 0 Å². The van der Waals surface area contributed by atoms with E-state index in [1.807, 2.05) is 47.0 Å². The Labute approximate surface area is 137 Å². The number of urea groups is 1. The molecule has 1 aliphatic heterocycles. The second-order valence-electron chi connectivity index (χ2n) is 5.97. The van der Waals surface area contributed by atoms with Crippen molar-refractivity contribution in [1.82, 2.24) is 10.2 Å². The number of nitrogens with zero attached hydrogens (tertiary/aromatic N) is 1. The number of hydrogen-bond acceptors (Lipinski definition) is 3. The lowest BCUT2D eigenvalue weighted by Gasteiger charge is -2.34. The largest absolute Gasteiger partial charge is 0.396 e. The van der Waals surface area contributed by atoms with E-state index in [4.69, 9.17) is 0 Å². The van der Waals surface area contributed by atoms with Gasteiger partial charge in [0.05, 0.1) is 0 Å². The zero-order valence-electron chi connectivity index (χ0n) is 13.4. The summed E-state index contributed by atoms with van der Waals surface area (Å²) in [6, 6.07) is 10.1. The third-order valence-corrected chi connectivity index (χ3v) is 5.18. The van der Waals surface area contributed by atoms with Gasteiger partial charge in [-0.05, 0) is 12.0 Å². The maximum absolute atomic E-state index is 12.4. The number of carbonyl (C=O) groups is 1. The van der Waals surface area contributed by atoms with Crippen molar-refractivity contribution in [2.45, 2.75) is 36.7 Å². The standard InChI is InChI=1S/C17H26N2O2S/c1-13-11-19(12-14(2)22-13)17(21)18-10-16(8-9-20)15-6-4-3-5-7-15/h3-7,13-14,16,20H,8-12H2,1-2H3,(H,18,21). The van der Waals surface area contributed by atoms with Crippen LogP contribution >= 0.6 is 11.8 Å². The van der Waals surface area contributed by atoms with Crippen LogP contribution in [0.3, 0.4) is 0 Å². The Morgan fingerprint density at radius 1 is 1.32 bits per heavy atom. The summed E-state index contributed by atoms with van der Waals surface area (Å²) in [6.07, 6.45) is 0.660. The number of hydrogen-bond donors (Lipinski definition) is 2. The highest BCUT2D eigenvalue weighted by molar-refractivity contribution is 8.00. The van der Waals surface area contributed by atoms with Crippen LogP contribution in [0.25, 0.3) is 0 Å². The highest BCUT2D eigenvalue weighted by Gasteiger charge is 2.26. The molecule has 122 valence electrons. The first-order valence-electron chi connectivity index (χ1n) is 7.94. The van der Waals surface area contributed by atoms with E-state index in [2.05, 4.69) is 19.2 Å². The predicted octanol–water partition coefficient (Wildman–Crippen LogP) is 2.69. The Kier molecular flexibility index (Phi) is 6.58. The number of amides is 2. The molecule has 2 amide bonds. The van der Waals surface area contributed by atoms with Crippen LogP contribution in [-0.4, -0.2) is 52.8 Å². The fourth-order valence-electron chi connectivity index (χ4n) is 2.93. The molecule has 4 nitrogen and oxygen atoms in total. The highest BCUT2D eigenvalue weighted by Crippen LogP contribution is 2.25. The molecule has 1 saturated heterocycles. The van der Waals surface area contributed by atoms with Crippen molar-refractivity contribution in [1.29, 1.82) is 0 Å². The second kappa shape index (κ2) is 8.44. The molecular weight excluding hydrogens is 296 g/mol. The molecule has 1 aliphatic rings. The molecule has 1 heterocycles. The maximum atomic E-state index is 12.4. The lowest BCUT2D eigenvalue weighted by molar-refractivity contribution is 0.195. The number of thioether (sulfide) groups is 1. The second-order valence-corrected chi connectivity index (χ2v) is 7.85. The number of aliphatic hydroxyl groups excluding tert-OH is 1. The van der Waals surface area contributed by atoms with E-state index in [0.29, 0.717) is 23.5 Å². The monoisotopic (exact) mass is 322 g/mol. The Morgan fingerprint density at radius 3 is 2.55 bits per heavy atom. The summed E-state index contributed by atoms with van der Waals surface area (Å²) in [4.78, 5) is 14.3. The van der Waals surface area contributed by atoms with Gasteiger partial charge in [-0.25, -0.2) is 4.79 Å². The lowest BCUT2D eigenvalue weighted by Crippen LogP contribution is -2.49. The number of rotatable bonds is 5. The normalized spacial score (nSPS) is 23.1. The van der Waals surface area contributed by atoms with Crippen LogP contribution in [0.2, 0.25) is 0 Å². The molecule has 22 heavy (non-hydrogen) atoms. The van der Waals surface area contributed by atoms with E-state index in [-0.39, 0.29) is 18.6 Å². The molecule has 2 N–H and O–H groups in total. The van der Waals surface area contributed by atoms with Crippen molar-refractivity contribution in [2.24, 2.45) is 0 Å². The summed E-state index contributed by atoms with van der Waals surface area (Å²) in [6.45, 7) is 6.63. The molecule has 0 aromatic heterocycles. The van der Waals surface area contributed by atoms with Crippen LogP contribution in [0.4, 0.5) is 4.79 Å². The minimum atomic E-state index is 0.0119. The molecule has 0 bridgehead atoms. The van der Waals surface area contributed by atoms with Gasteiger partial charge < -0.3 is 15.3 Å². The van der Waals surface area contributed by atoms with Crippen molar-refractivity contribution < 1.29 is 9.90 Å². The minimum absolute atomic E-state index is 0.0119. The van der Waals surface area contributed by atoms with E-state index < -0.39 is 0 Å². The van der Waals surface area contributed by atoms with E-state index in [1.165, 1.54) is 0 Å². The van der Waals surface area contributed by atoms with Gasteiger partial charge in [-0.2, -0.15) is 11.8 Å². The van der Waals surface area contributed by atoms with Gasteiger partial charge >= 0.3 is 6.03 Å². The van der Waals surface area contributed by atoms with E-state index in [0.717, 1.165) is 18.7 Å². The van der Waals surface area contributed by atoms with Crippen molar-refractivity contribution in [2.75, 3.05) is 26.2 Å². The summed E-state index contributed by atoms with van der Waals surface area (Å²) in [5.74, 6) is 0.157. The molecule has 0 radical (unpaired) electrons. The molecule has 2 rings (SSSR count). The first kappa shape index (κ1) is 17.2. The Balaban J connectivity index is 1.90. The quantitative estimate of drug-likeness (QED) is 0.876. The van der Waals surface area contributed by atoms with Gasteiger partial charge in [0.1, 0.15) is 0 Å². The molecule has 3 atom stereocenters. The fourth-order valence-corrected chi connectivity index (χ4v) is 4.26. The average molecular weight is 322 g/mol. The third-order valence-electron chi connectivity index (χ3n) is 3.96. The lowest BCUT2D eigenvalue weighted by atomic mass is 9.96. The zero-order chi connectivity index (χ0) is 15.9. The molecular formula is C17H26N2O2S. The van der Waals surface area contributed by atoms with Gasteiger partial charge in [-0.3, -0.25) is 0 Å². The maximum Gasteiger partial charge on any atom is 0.317 e. The first-order valence-corrected chi connectivity index (χ1v) is 8.88. The summed E-state index contributed by atoms with van der Waals surface area (Å²) in [5, 5.41) is 13.3. The van der Waals surface area contributed by atoms with Crippen LogP contribution in [0.1, 0.15) is 31.7 Å². The van der Waals surface area contributed by atoms with Crippen molar-refractivity contribution in [3.05, 3.63) is 35.9 Å². The minimum Gasteiger partial charge on any atom is -0.396 e. The predicted molar refractivity (Wildman–Crippen MR) is 92.4 cm³/mol. The zero-order valence-corrected chi connectivity index (χ0v) is 14.2. The summed E-state index contributed by atoms with van der Waals surface area (Å²) < 4.78 is 0. The summed E-state index contributed by atoms with van der Waals surface area (Å²) >= 11 is 1.94. The SMILES string of the molecule is CC1CN(C(=O)NCC(CCO)c2ccccc2)CC(C)S1. The van der Waals surface area contributed by atoms with Crippen LogP contribution in [0.15, 0.2) is 30.3 Å². The van der Waals surface area contributed by atoms with Crippen LogP contribution in [0.5, 0.6) is 0 Å². The van der Waals surface area contributed by atoms with Gasteiger partial charge in [-0.1, -0.05) is 44.2 Å². The molecule has 1 fully saturated rings. The van der Waals surface area contributed by atoms with Crippen LogP contribution in [0, 0.1) is 0 Å². The van der Waals surface area contributed by atoms with Gasteiger partial charge in [0, 0.05) is 42.7 Å². The topological polar surface area (TPSA) is 52.6 Å². The van der Waals surface area contributed by atoms with Crippen LogP contribution < -0.4 is 5.32 Å². The van der Waals surface area contributed by atoms with Crippen molar-refractivity contribution >= 4 is 17.8 Å². The molecule has 5 heteroatoms. The number of carbonyl (C=O) groups excluding carboxylic acids is 1. The van der Waals surface area contributed by atoms with Crippen LogP contribution in [-0.2, 0) is 0 Å². The highest BCUT2D eigenvalue weighted by atomic mass is 32.2. The van der Waals surface area contributed by atoms with Gasteiger partial charge in [0.2, 0.25) is 0 Å². The molecule has 1 aromatic carbocycles. The van der Waals surface area contributed by atoms with Gasteiger partial charge in [0.15, 0.2) is 0 Å². The molecule has 0 saturated carbocycles. The van der Waals surface area contributed by atoms with E-state index in [1.54, 1.807) is 0 Å². The van der Waals surface area contributed by atoms with Gasteiger partial charge in [-0.15, -0.1) is 0 Å². The smallest absolute Gasteiger partial charge is 0.317 e. The molecule has 1 aromatic rings. The van der Waals surface area contributed by atoms with E-state index >= 15 is 0 Å². The van der Waals surface area contributed by atoms with Crippen molar-refractivity contribution in [3.63, 3.8) is 0 Å². The molecule has 0 aliphatic carbocycles. The Hall–Kier alpha value is -1.20. The Morgan fingerprint density at radius 2 is 1.95 bits per heavy atom. The third kappa shape index (κ3) is 4.92. The number of nitrogens with one attached hydrogen (secondary N) is 1. The van der Waals surface area contributed by atoms with Gasteiger partial charge in [0.25, 0.3) is 0 Å². The first-order chi connectivity index (χ1) is 10.6. The van der Waals surface area contributed by atoms with E-state index in [9.17, 15) is 9.90 Å². The number of benzene rings is 1. The average Bonchev–Trinajstić information content (AvgIpc) is 2.51. The summed E-state index contributed by atoms with van der Waals surface area (Å²) in [7, 11) is 0. The Bertz CT molecular complexity index is 459. The summed E-state index contributed by atoms with van der Waals surface area (Å²) in [5.41, 5.74) is 1.16.